The van der Waals surface area contributed by atoms with Crippen molar-refractivity contribution in [1.29, 1.82) is 0 Å². The number of aryl methyl sites for hydroxylation is 1. The highest BCUT2D eigenvalue weighted by Gasteiger charge is 2.10. The minimum absolute atomic E-state index is 0.168. The van der Waals surface area contributed by atoms with E-state index in [-0.39, 0.29) is 17.9 Å². The maximum Gasteiger partial charge on any atom is 0.140 e. The summed E-state index contributed by atoms with van der Waals surface area (Å²) in [7, 11) is 0. The Balaban J connectivity index is 2.57. The van der Waals surface area contributed by atoms with Gasteiger partial charge in [0.15, 0.2) is 0 Å². The van der Waals surface area contributed by atoms with Gasteiger partial charge in [-0.25, -0.2) is 0 Å². The number of oxime groups is 1. The molecule has 1 rings (SSSR count). The second kappa shape index (κ2) is 6.25. The lowest BCUT2D eigenvalue weighted by Crippen LogP contribution is -2.33. The van der Waals surface area contributed by atoms with Gasteiger partial charge in [-0.05, 0) is 26.3 Å². The number of benzene rings is 1. The quantitative estimate of drug-likeness (QED) is 0.317. The molecule has 0 spiro atoms. The normalized spacial score (nSPS) is 15.6. The van der Waals surface area contributed by atoms with Gasteiger partial charge < -0.3 is 16.3 Å². The molecule has 0 saturated carbocycles. The van der Waals surface area contributed by atoms with Gasteiger partial charge in [-0.1, -0.05) is 35.0 Å². The van der Waals surface area contributed by atoms with Crippen LogP contribution in [0, 0.1) is 6.92 Å². The van der Waals surface area contributed by atoms with Crippen molar-refractivity contribution in [3.63, 3.8) is 0 Å². The Labute approximate surface area is 103 Å². The Morgan fingerprint density at radius 1 is 1.47 bits per heavy atom. The predicted octanol–water partition coefficient (Wildman–Crippen LogP) is 2.17. The van der Waals surface area contributed by atoms with Crippen LogP contribution in [-0.4, -0.2) is 17.1 Å². The summed E-state index contributed by atoms with van der Waals surface area (Å²) >= 11 is 0. The highest BCUT2D eigenvalue weighted by Crippen LogP contribution is 2.14. The number of hydrogen-bond donors (Lipinski definition) is 3. The molecular formula is C13H21N3O. The summed E-state index contributed by atoms with van der Waals surface area (Å²) in [5.41, 5.74) is 7.97. The zero-order valence-electron chi connectivity index (χ0n) is 10.6. The lowest BCUT2D eigenvalue weighted by molar-refractivity contribution is 0.315. The molecule has 1 unspecified atom stereocenters. The standard InChI is InChI=1S/C13H21N3O/c1-9-5-4-6-12(7-9)11(3)15-10(2)8-13(14)16-17/h4-7,10-11,15,17H,8H2,1-3H3,(H2,14,16)/t10?,11-/m1/s1. The molecule has 17 heavy (non-hydrogen) atoms. The smallest absolute Gasteiger partial charge is 0.140 e. The molecule has 0 bridgehead atoms. The average molecular weight is 235 g/mol. The topological polar surface area (TPSA) is 70.6 Å². The molecule has 1 aromatic rings. The van der Waals surface area contributed by atoms with Crippen molar-refractivity contribution in [2.24, 2.45) is 10.9 Å². The Morgan fingerprint density at radius 2 is 2.18 bits per heavy atom. The molecule has 0 aromatic heterocycles. The van der Waals surface area contributed by atoms with E-state index in [1.807, 2.05) is 6.92 Å². The van der Waals surface area contributed by atoms with Crippen molar-refractivity contribution in [2.45, 2.75) is 39.3 Å². The number of hydrogen-bond acceptors (Lipinski definition) is 3. The van der Waals surface area contributed by atoms with E-state index < -0.39 is 0 Å². The molecule has 2 atom stereocenters. The van der Waals surface area contributed by atoms with Gasteiger partial charge in [-0.2, -0.15) is 0 Å². The lowest BCUT2D eigenvalue weighted by Gasteiger charge is -2.20. The molecule has 4 N–H and O–H groups in total. The molecule has 0 amide bonds. The number of nitrogens with one attached hydrogen (secondary N) is 1. The first kappa shape index (κ1) is 13.5. The summed E-state index contributed by atoms with van der Waals surface area (Å²) < 4.78 is 0. The lowest BCUT2D eigenvalue weighted by atomic mass is 10.0. The van der Waals surface area contributed by atoms with Gasteiger partial charge in [0.1, 0.15) is 5.84 Å². The molecule has 0 aliphatic carbocycles. The second-order valence-corrected chi connectivity index (χ2v) is 4.50. The minimum atomic E-state index is 0.168. The number of nitrogens with two attached hydrogens (primary N) is 1. The maximum atomic E-state index is 8.51. The zero-order chi connectivity index (χ0) is 12.8. The first-order valence-electron chi connectivity index (χ1n) is 5.82. The molecule has 0 aliphatic heterocycles. The van der Waals surface area contributed by atoms with Crippen LogP contribution in [-0.2, 0) is 0 Å². The third-order valence-electron chi connectivity index (χ3n) is 2.72. The zero-order valence-corrected chi connectivity index (χ0v) is 10.6. The highest BCUT2D eigenvalue weighted by atomic mass is 16.4. The minimum Gasteiger partial charge on any atom is -0.409 e. The van der Waals surface area contributed by atoms with E-state index in [0.29, 0.717) is 6.42 Å². The van der Waals surface area contributed by atoms with E-state index in [1.165, 1.54) is 11.1 Å². The summed E-state index contributed by atoms with van der Waals surface area (Å²) in [6.45, 7) is 6.21. The van der Waals surface area contributed by atoms with Crippen molar-refractivity contribution in [3.8, 4) is 0 Å². The summed E-state index contributed by atoms with van der Waals surface area (Å²) in [5.74, 6) is 0.251. The third kappa shape index (κ3) is 4.44. The monoisotopic (exact) mass is 235 g/mol. The Morgan fingerprint density at radius 3 is 2.76 bits per heavy atom. The second-order valence-electron chi connectivity index (χ2n) is 4.50. The van der Waals surface area contributed by atoms with E-state index in [4.69, 9.17) is 10.9 Å². The first-order chi connectivity index (χ1) is 8.02. The van der Waals surface area contributed by atoms with Crippen molar-refractivity contribution in [3.05, 3.63) is 35.4 Å². The molecule has 94 valence electrons. The Bertz CT molecular complexity index is 390. The fourth-order valence-corrected chi connectivity index (χ4v) is 1.88. The first-order valence-corrected chi connectivity index (χ1v) is 5.82. The van der Waals surface area contributed by atoms with Crippen LogP contribution in [0.4, 0.5) is 0 Å². The van der Waals surface area contributed by atoms with E-state index in [1.54, 1.807) is 0 Å². The maximum absolute atomic E-state index is 8.51. The Kier molecular flexibility index (Phi) is 4.97. The van der Waals surface area contributed by atoms with E-state index in [2.05, 4.69) is 48.6 Å². The molecule has 0 aliphatic rings. The van der Waals surface area contributed by atoms with Gasteiger partial charge in [0.2, 0.25) is 0 Å². The number of amidine groups is 1. The molecule has 0 radical (unpaired) electrons. The van der Waals surface area contributed by atoms with E-state index >= 15 is 0 Å². The van der Waals surface area contributed by atoms with Crippen molar-refractivity contribution < 1.29 is 5.21 Å². The number of rotatable bonds is 5. The molecule has 1 aromatic carbocycles. The molecular weight excluding hydrogens is 214 g/mol. The summed E-state index contributed by atoms with van der Waals surface area (Å²) in [6.07, 6.45) is 0.534. The van der Waals surface area contributed by atoms with Crippen molar-refractivity contribution >= 4 is 5.84 Å². The molecule has 0 saturated heterocycles. The average Bonchev–Trinajstić information content (AvgIpc) is 2.28. The number of nitrogens with zero attached hydrogens (tertiary/aromatic N) is 1. The van der Waals surface area contributed by atoms with Gasteiger partial charge in [-0.15, -0.1) is 0 Å². The van der Waals surface area contributed by atoms with Crippen LogP contribution in [0.3, 0.4) is 0 Å². The fourth-order valence-electron chi connectivity index (χ4n) is 1.88. The third-order valence-corrected chi connectivity index (χ3v) is 2.72. The van der Waals surface area contributed by atoms with Crippen LogP contribution < -0.4 is 11.1 Å². The van der Waals surface area contributed by atoms with Crippen LogP contribution >= 0.6 is 0 Å². The highest BCUT2D eigenvalue weighted by molar-refractivity contribution is 5.80. The van der Waals surface area contributed by atoms with E-state index in [0.717, 1.165) is 0 Å². The molecule has 0 heterocycles. The van der Waals surface area contributed by atoms with Crippen LogP contribution in [0.1, 0.15) is 37.4 Å². The van der Waals surface area contributed by atoms with Crippen LogP contribution in [0.25, 0.3) is 0 Å². The fraction of sp³-hybridized carbons (Fsp3) is 0.462. The molecule has 4 heteroatoms. The predicted molar refractivity (Wildman–Crippen MR) is 70.2 cm³/mol. The summed E-state index contributed by atoms with van der Waals surface area (Å²) in [6, 6.07) is 8.81. The van der Waals surface area contributed by atoms with Gasteiger partial charge >= 0.3 is 0 Å². The van der Waals surface area contributed by atoms with Crippen molar-refractivity contribution in [2.75, 3.05) is 0 Å². The van der Waals surface area contributed by atoms with Gasteiger partial charge in [0.05, 0.1) is 0 Å². The van der Waals surface area contributed by atoms with Crippen LogP contribution in [0.2, 0.25) is 0 Å². The largest absolute Gasteiger partial charge is 0.409 e. The summed E-state index contributed by atoms with van der Waals surface area (Å²) in [4.78, 5) is 0. The van der Waals surface area contributed by atoms with Gasteiger partial charge in [0.25, 0.3) is 0 Å². The SMILES string of the molecule is Cc1cccc([C@@H](C)NC(C)C/C(N)=N/O)c1. The van der Waals surface area contributed by atoms with Crippen molar-refractivity contribution in [1.82, 2.24) is 5.32 Å². The molecule has 4 nitrogen and oxygen atoms in total. The van der Waals surface area contributed by atoms with Gasteiger partial charge in [-0.3, -0.25) is 0 Å². The van der Waals surface area contributed by atoms with Crippen LogP contribution in [0.15, 0.2) is 29.4 Å². The molecule has 0 fully saturated rings. The van der Waals surface area contributed by atoms with Crippen LogP contribution in [0.5, 0.6) is 0 Å². The van der Waals surface area contributed by atoms with E-state index in [9.17, 15) is 0 Å². The summed E-state index contributed by atoms with van der Waals surface area (Å²) in [5, 5.41) is 14.9. The Hall–Kier alpha value is -1.55. The van der Waals surface area contributed by atoms with Gasteiger partial charge in [0, 0.05) is 18.5 Å².